The van der Waals surface area contributed by atoms with Crippen molar-refractivity contribution < 1.29 is 4.79 Å². The molecule has 21 heavy (non-hydrogen) atoms. The molecule has 1 aliphatic heterocycles. The SMILES string of the molecule is CC(=O)N1CCCC[C@@H]1c1cncc(NC2CCCC2)n1. The van der Waals surface area contributed by atoms with Crippen molar-refractivity contribution in [1.82, 2.24) is 14.9 Å². The molecule has 5 nitrogen and oxygen atoms in total. The van der Waals surface area contributed by atoms with Gasteiger partial charge in [-0.1, -0.05) is 12.8 Å². The van der Waals surface area contributed by atoms with Crippen molar-refractivity contribution in [2.75, 3.05) is 11.9 Å². The van der Waals surface area contributed by atoms with Crippen LogP contribution in [0.2, 0.25) is 0 Å². The van der Waals surface area contributed by atoms with Crippen LogP contribution < -0.4 is 5.32 Å². The van der Waals surface area contributed by atoms with E-state index in [2.05, 4.69) is 10.3 Å². The largest absolute Gasteiger partial charge is 0.366 e. The number of carbonyl (C=O) groups excluding carboxylic acids is 1. The van der Waals surface area contributed by atoms with Gasteiger partial charge < -0.3 is 10.2 Å². The maximum Gasteiger partial charge on any atom is 0.220 e. The number of anilines is 1. The van der Waals surface area contributed by atoms with Gasteiger partial charge in [0.2, 0.25) is 5.91 Å². The fourth-order valence-corrected chi connectivity index (χ4v) is 3.51. The van der Waals surface area contributed by atoms with Gasteiger partial charge >= 0.3 is 0 Å². The Bertz CT molecular complexity index is 499. The summed E-state index contributed by atoms with van der Waals surface area (Å²) in [4.78, 5) is 22.8. The molecule has 1 aromatic rings. The van der Waals surface area contributed by atoms with E-state index in [1.165, 1.54) is 25.7 Å². The van der Waals surface area contributed by atoms with Crippen LogP contribution in [0, 0.1) is 0 Å². The Balaban J connectivity index is 1.75. The van der Waals surface area contributed by atoms with Gasteiger partial charge in [-0.25, -0.2) is 4.98 Å². The van der Waals surface area contributed by atoms with Gasteiger partial charge in [0.15, 0.2) is 0 Å². The van der Waals surface area contributed by atoms with Crippen molar-refractivity contribution >= 4 is 11.7 Å². The Morgan fingerprint density at radius 2 is 1.95 bits per heavy atom. The lowest BCUT2D eigenvalue weighted by Gasteiger charge is -2.34. The number of likely N-dealkylation sites (tertiary alicyclic amines) is 1. The molecule has 0 aromatic carbocycles. The average Bonchev–Trinajstić information content (AvgIpc) is 3.00. The van der Waals surface area contributed by atoms with E-state index < -0.39 is 0 Å². The molecule has 114 valence electrons. The molecule has 0 bridgehead atoms. The van der Waals surface area contributed by atoms with Gasteiger partial charge in [-0.2, -0.15) is 0 Å². The number of carbonyl (C=O) groups is 1. The van der Waals surface area contributed by atoms with Crippen LogP contribution in [0.3, 0.4) is 0 Å². The topological polar surface area (TPSA) is 58.1 Å². The highest BCUT2D eigenvalue weighted by Gasteiger charge is 2.27. The van der Waals surface area contributed by atoms with Gasteiger partial charge in [-0.3, -0.25) is 9.78 Å². The lowest BCUT2D eigenvalue weighted by atomic mass is 9.99. The van der Waals surface area contributed by atoms with Crippen LogP contribution >= 0.6 is 0 Å². The van der Waals surface area contributed by atoms with Crippen molar-refractivity contribution in [3.63, 3.8) is 0 Å². The third kappa shape index (κ3) is 3.34. The van der Waals surface area contributed by atoms with Crippen molar-refractivity contribution in [3.05, 3.63) is 18.1 Å². The Labute approximate surface area is 126 Å². The van der Waals surface area contributed by atoms with E-state index in [0.717, 1.165) is 37.3 Å². The van der Waals surface area contributed by atoms with Gasteiger partial charge in [0, 0.05) is 19.5 Å². The summed E-state index contributed by atoms with van der Waals surface area (Å²) in [6.45, 7) is 2.48. The highest BCUT2D eigenvalue weighted by molar-refractivity contribution is 5.73. The highest BCUT2D eigenvalue weighted by atomic mass is 16.2. The van der Waals surface area contributed by atoms with Crippen LogP contribution in [-0.4, -0.2) is 33.4 Å². The first kappa shape index (κ1) is 14.3. The zero-order valence-corrected chi connectivity index (χ0v) is 12.7. The summed E-state index contributed by atoms with van der Waals surface area (Å²) in [6.07, 6.45) is 11.9. The van der Waals surface area contributed by atoms with Crippen molar-refractivity contribution in [1.29, 1.82) is 0 Å². The molecule has 3 rings (SSSR count). The number of nitrogens with one attached hydrogen (secondary N) is 1. The normalized spacial score (nSPS) is 23.3. The molecular formula is C16H24N4O. The van der Waals surface area contributed by atoms with Crippen LogP contribution in [0.1, 0.15) is 63.6 Å². The van der Waals surface area contributed by atoms with Crippen LogP contribution in [0.4, 0.5) is 5.82 Å². The van der Waals surface area contributed by atoms with Crippen molar-refractivity contribution in [3.8, 4) is 0 Å². The van der Waals surface area contributed by atoms with Crippen LogP contribution in [-0.2, 0) is 4.79 Å². The molecule has 5 heteroatoms. The maximum absolute atomic E-state index is 11.8. The summed E-state index contributed by atoms with van der Waals surface area (Å²) >= 11 is 0. The van der Waals surface area contributed by atoms with Gasteiger partial charge in [0.25, 0.3) is 0 Å². The molecule has 2 fully saturated rings. The fraction of sp³-hybridized carbons (Fsp3) is 0.688. The molecule has 0 radical (unpaired) electrons. The summed E-state index contributed by atoms with van der Waals surface area (Å²) in [5, 5.41) is 3.49. The van der Waals surface area contributed by atoms with E-state index in [-0.39, 0.29) is 11.9 Å². The van der Waals surface area contributed by atoms with Gasteiger partial charge in [-0.15, -0.1) is 0 Å². The zero-order chi connectivity index (χ0) is 14.7. The van der Waals surface area contributed by atoms with Crippen molar-refractivity contribution in [2.24, 2.45) is 0 Å². The first-order valence-electron chi connectivity index (χ1n) is 8.10. The second-order valence-corrected chi connectivity index (χ2v) is 6.18. The zero-order valence-electron chi connectivity index (χ0n) is 12.7. The van der Waals surface area contributed by atoms with Crippen LogP contribution in [0.5, 0.6) is 0 Å². The quantitative estimate of drug-likeness (QED) is 0.929. The average molecular weight is 288 g/mol. The number of aromatic nitrogens is 2. The summed E-state index contributed by atoms with van der Waals surface area (Å²) in [5.41, 5.74) is 0.924. The number of nitrogens with zero attached hydrogens (tertiary/aromatic N) is 3. The summed E-state index contributed by atoms with van der Waals surface area (Å²) in [7, 11) is 0. The third-order valence-electron chi connectivity index (χ3n) is 4.61. The Morgan fingerprint density at radius 1 is 1.19 bits per heavy atom. The van der Waals surface area contributed by atoms with E-state index in [0.29, 0.717) is 6.04 Å². The summed E-state index contributed by atoms with van der Waals surface area (Å²) in [5.74, 6) is 0.990. The Kier molecular flexibility index (Phi) is 4.36. The minimum absolute atomic E-state index is 0.0917. The summed E-state index contributed by atoms with van der Waals surface area (Å²) in [6, 6.07) is 0.624. The smallest absolute Gasteiger partial charge is 0.220 e. The molecule has 1 saturated carbocycles. The predicted molar refractivity (Wildman–Crippen MR) is 81.9 cm³/mol. The molecule has 2 heterocycles. The molecule has 0 spiro atoms. The second-order valence-electron chi connectivity index (χ2n) is 6.18. The molecule has 1 saturated heterocycles. The van der Waals surface area contributed by atoms with E-state index in [9.17, 15) is 4.79 Å². The van der Waals surface area contributed by atoms with Crippen LogP contribution in [0.25, 0.3) is 0 Å². The molecule has 0 unspecified atom stereocenters. The fourth-order valence-electron chi connectivity index (χ4n) is 3.51. The minimum atomic E-state index is 0.0917. The highest BCUT2D eigenvalue weighted by Crippen LogP contribution is 2.30. The first-order valence-corrected chi connectivity index (χ1v) is 8.10. The van der Waals surface area contributed by atoms with E-state index in [1.807, 2.05) is 11.1 Å². The Hall–Kier alpha value is -1.65. The molecule has 1 aliphatic carbocycles. The number of rotatable bonds is 3. The standard InChI is InChI=1S/C16H24N4O/c1-12(21)20-9-5-4-8-15(20)14-10-17-11-16(19-14)18-13-6-2-3-7-13/h10-11,13,15H,2-9H2,1H3,(H,18,19)/t15-/m1/s1. The van der Waals surface area contributed by atoms with E-state index in [4.69, 9.17) is 4.98 Å². The second kappa shape index (κ2) is 6.41. The third-order valence-corrected chi connectivity index (χ3v) is 4.61. The lowest BCUT2D eigenvalue weighted by Crippen LogP contribution is -2.37. The Morgan fingerprint density at radius 3 is 2.71 bits per heavy atom. The molecule has 1 atom stereocenters. The first-order chi connectivity index (χ1) is 10.2. The number of hydrogen-bond donors (Lipinski definition) is 1. The molecule has 1 N–H and O–H groups in total. The van der Waals surface area contributed by atoms with Crippen LogP contribution in [0.15, 0.2) is 12.4 Å². The maximum atomic E-state index is 11.8. The summed E-state index contributed by atoms with van der Waals surface area (Å²) < 4.78 is 0. The molecule has 1 aromatic heterocycles. The minimum Gasteiger partial charge on any atom is -0.366 e. The van der Waals surface area contributed by atoms with Gasteiger partial charge in [0.05, 0.1) is 24.1 Å². The molecule has 1 amide bonds. The molecular weight excluding hydrogens is 264 g/mol. The van der Waals surface area contributed by atoms with E-state index >= 15 is 0 Å². The monoisotopic (exact) mass is 288 g/mol. The number of piperidine rings is 1. The lowest BCUT2D eigenvalue weighted by molar-refractivity contribution is -0.132. The van der Waals surface area contributed by atoms with E-state index in [1.54, 1.807) is 13.1 Å². The predicted octanol–water partition coefficient (Wildman–Crippen LogP) is 2.90. The number of amides is 1. The molecule has 2 aliphatic rings. The number of hydrogen-bond acceptors (Lipinski definition) is 4. The van der Waals surface area contributed by atoms with Gasteiger partial charge in [0.1, 0.15) is 5.82 Å². The van der Waals surface area contributed by atoms with Crippen molar-refractivity contribution in [2.45, 2.75) is 64.0 Å². The van der Waals surface area contributed by atoms with Gasteiger partial charge in [-0.05, 0) is 32.1 Å².